The molecule has 2 aromatic heterocycles. The first-order chi connectivity index (χ1) is 12.0. The van der Waals surface area contributed by atoms with Gasteiger partial charge in [0.05, 0.1) is 5.54 Å². The zero-order valence-corrected chi connectivity index (χ0v) is 15.6. The summed E-state index contributed by atoms with van der Waals surface area (Å²) in [5, 5.41) is 4.01. The molecule has 3 aromatic rings. The highest BCUT2D eigenvalue weighted by atomic mass is 35.5. The Balaban J connectivity index is 0.00000196. The molecule has 1 fully saturated rings. The molecule has 0 aliphatic heterocycles. The Morgan fingerprint density at radius 1 is 1.19 bits per heavy atom. The van der Waals surface area contributed by atoms with Crippen molar-refractivity contribution < 1.29 is 13.7 Å². The molecule has 6 nitrogen and oxygen atoms in total. The molecule has 0 amide bonds. The van der Waals surface area contributed by atoms with E-state index >= 15 is 0 Å². The van der Waals surface area contributed by atoms with E-state index in [1.807, 2.05) is 31.2 Å². The molecule has 0 spiro atoms. The number of aryl methyl sites for hydroxylation is 2. The highest BCUT2D eigenvalue weighted by Crippen LogP contribution is 2.37. The van der Waals surface area contributed by atoms with Crippen molar-refractivity contribution >= 4 is 12.4 Å². The topological polar surface area (TPSA) is 87.3 Å². The second-order valence-corrected chi connectivity index (χ2v) is 6.76. The van der Waals surface area contributed by atoms with Crippen LogP contribution in [-0.2, 0) is 12.1 Å². The van der Waals surface area contributed by atoms with E-state index in [2.05, 4.69) is 23.1 Å². The molecule has 1 aliphatic carbocycles. The normalized spacial score (nSPS) is 15.2. The Bertz CT molecular complexity index is 899. The van der Waals surface area contributed by atoms with Crippen LogP contribution < -0.4 is 10.5 Å². The second-order valence-electron chi connectivity index (χ2n) is 6.76. The first kappa shape index (κ1) is 18.5. The monoisotopic (exact) mass is 375 g/mol. The van der Waals surface area contributed by atoms with E-state index in [1.165, 1.54) is 5.56 Å². The summed E-state index contributed by atoms with van der Waals surface area (Å²) in [7, 11) is 0. The predicted octanol–water partition coefficient (Wildman–Crippen LogP) is 4.29. The van der Waals surface area contributed by atoms with Gasteiger partial charge in [-0.1, -0.05) is 22.9 Å². The molecule has 26 heavy (non-hydrogen) atoms. The van der Waals surface area contributed by atoms with Gasteiger partial charge >= 0.3 is 0 Å². The van der Waals surface area contributed by atoms with E-state index in [0.717, 1.165) is 30.6 Å². The average Bonchev–Trinajstić information content (AvgIpc) is 3.21. The number of rotatable bonds is 5. The summed E-state index contributed by atoms with van der Waals surface area (Å²) >= 11 is 0. The van der Waals surface area contributed by atoms with Crippen LogP contribution in [0.1, 0.15) is 42.0 Å². The smallest absolute Gasteiger partial charge is 0.293 e. The summed E-state index contributed by atoms with van der Waals surface area (Å²) in [4.78, 5) is 4.39. The number of nitrogens with two attached hydrogens (primary N) is 1. The van der Waals surface area contributed by atoms with Crippen molar-refractivity contribution in [1.82, 2.24) is 10.1 Å². The minimum atomic E-state index is -0.441. The molecular formula is C19H22ClN3O3. The van der Waals surface area contributed by atoms with Crippen molar-refractivity contribution in [1.29, 1.82) is 0 Å². The van der Waals surface area contributed by atoms with Crippen molar-refractivity contribution in [2.75, 3.05) is 0 Å². The van der Waals surface area contributed by atoms with Gasteiger partial charge in [-0.25, -0.2) is 0 Å². The van der Waals surface area contributed by atoms with Crippen LogP contribution in [0.4, 0.5) is 0 Å². The lowest BCUT2D eigenvalue weighted by atomic mass is 9.77. The fourth-order valence-electron chi connectivity index (χ4n) is 2.99. The summed E-state index contributed by atoms with van der Waals surface area (Å²) in [6, 6.07) is 9.75. The van der Waals surface area contributed by atoms with Crippen molar-refractivity contribution in [2.24, 2.45) is 5.73 Å². The second kappa shape index (κ2) is 7.13. The maximum atomic E-state index is 6.22. The summed E-state index contributed by atoms with van der Waals surface area (Å²) in [5.74, 6) is 2.98. The minimum Gasteiger partial charge on any atom is -0.485 e. The van der Waals surface area contributed by atoms with E-state index in [-0.39, 0.29) is 12.4 Å². The maximum absolute atomic E-state index is 6.22. The number of nitrogens with zero attached hydrogens (tertiary/aromatic N) is 2. The van der Waals surface area contributed by atoms with E-state index in [9.17, 15) is 0 Å². The lowest BCUT2D eigenvalue weighted by molar-refractivity contribution is 0.229. The van der Waals surface area contributed by atoms with Gasteiger partial charge in [0.15, 0.2) is 11.6 Å². The molecule has 1 saturated carbocycles. The molecule has 2 heterocycles. The summed E-state index contributed by atoms with van der Waals surface area (Å²) < 4.78 is 16.9. The zero-order valence-electron chi connectivity index (χ0n) is 14.8. The molecule has 138 valence electrons. The molecule has 0 saturated heterocycles. The maximum Gasteiger partial charge on any atom is 0.293 e. The number of hydrogen-bond acceptors (Lipinski definition) is 6. The van der Waals surface area contributed by atoms with Crippen molar-refractivity contribution in [2.45, 2.75) is 45.3 Å². The van der Waals surface area contributed by atoms with E-state index in [4.69, 9.17) is 19.4 Å². The van der Waals surface area contributed by atoms with E-state index in [1.54, 1.807) is 0 Å². The summed E-state index contributed by atoms with van der Waals surface area (Å²) in [5.41, 5.74) is 8.09. The van der Waals surface area contributed by atoms with Gasteiger partial charge in [-0.2, -0.15) is 4.98 Å². The summed E-state index contributed by atoms with van der Waals surface area (Å²) in [6.45, 7) is 4.42. The van der Waals surface area contributed by atoms with Gasteiger partial charge in [0.25, 0.3) is 5.89 Å². The van der Waals surface area contributed by atoms with Gasteiger partial charge in [-0.15, -0.1) is 12.4 Å². The number of halogens is 1. The van der Waals surface area contributed by atoms with Gasteiger partial charge in [0, 0.05) is 0 Å². The average molecular weight is 376 g/mol. The van der Waals surface area contributed by atoms with Gasteiger partial charge in [0.2, 0.25) is 0 Å². The van der Waals surface area contributed by atoms with Gasteiger partial charge in [-0.3, -0.25) is 0 Å². The number of hydrogen-bond donors (Lipinski definition) is 1. The van der Waals surface area contributed by atoms with Gasteiger partial charge < -0.3 is 19.4 Å². The molecule has 0 atom stereocenters. The molecule has 2 N–H and O–H groups in total. The first-order valence-corrected chi connectivity index (χ1v) is 8.46. The Hall–Kier alpha value is -2.31. The standard InChI is InChI=1S/C19H21N3O3.ClH/c1-12-4-6-15(13(2)10-12)23-11-14-5-7-16(24-14)17-21-18(22-25-17)19(20)8-3-9-19;/h4-7,10H,3,8-9,11,20H2,1-2H3;1H. The third-order valence-electron chi connectivity index (χ3n) is 4.69. The molecular weight excluding hydrogens is 354 g/mol. The molecule has 1 aromatic carbocycles. The Morgan fingerprint density at radius 2 is 2.00 bits per heavy atom. The lowest BCUT2D eigenvalue weighted by Gasteiger charge is -2.34. The van der Waals surface area contributed by atoms with Crippen molar-refractivity contribution in [3.63, 3.8) is 0 Å². The van der Waals surface area contributed by atoms with Crippen LogP contribution in [0.5, 0.6) is 5.75 Å². The molecule has 0 radical (unpaired) electrons. The fourth-order valence-corrected chi connectivity index (χ4v) is 2.99. The quantitative estimate of drug-likeness (QED) is 0.715. The number of ether oxygens (including phenoxy) is 1. The fraction of sp³-hybridized carbons (Fsp3) is 0.368. The SMILES string of the molecule is Cc1ccc(OCc2ccc(-c3nc(C4(N)CCC4)no3)o2)c(C)c1.Cl. The predicted molar refractivity (Wildman–Crippen MR) is 99.2 cm³/mol. The Labute approximate surface area is 158 Å². The minimum absolute atomic E-state index is 0. The number of furan rings is 1. The van der Waals surface area contributed by atoms with Crippen molar-refractivity contribution in [3.8, 4) is 17.4 Å². The van der Waals surface area contributed by atoms with Crippen LogP contribution in [-0.4, -0.2) is 10.1 Å². The summed E-state index contributed by atoms with van der Waals surface area (Å²) in [6.07, 6.45) is 2.87. The highest BCUT2D eigenvalue weighted by Gasteiger charge is 2.39. The van der Waals surface area contributed by atoms with E-state index < -0.39 is 5.54 Å². The van der Waals surface area contributed by atoms with Crippen LogP contribution in [0.3, 0.4) is 0 Å². The largest absolute Gasteiger partial charge is 0.485 e. The third kappa shape index (κ3) is 3.48. The van der Waals surface area contributed by atoms with Crippen LogP contribution >= 0.6 is 12.4 Å². The highest BCUT2D eigenvalue weighted by molar-refractivity contribution is 5.85. The van der Waals surface area contributed by atoms with Gasteiger partial charge in [0.1, 0.15) is 18.1 Å². The lowest BCUT2D eigenvalue weighted by Crippen LogP contribution is -2.44. The molecule has 0 unspecified atom stereocenters. The number of aromatic nitrogens is 2. The zero-order chi connectivity index (χ0) is 17.4. The van der Waals surface area contributed by atoms with Crippen LogP contribution in [0, 0.1) is 13.8 Å². The van der Waals surface area contributed by atoms with E-state index in [0.29, 0.717) is 29.8 Å². The molecule has 0 bridgehead atoms. The van der Waals surface area contributed by atoms with Crippen LogP contribution in [0.25, 0.3) is 11.7 Å². The third-order valence-corrected chi connectivity index (χ3v) is 4.69. The molecule has 1 aliphatic rings. The Morgan fingerprint density at radius 3 is 2.69 bits per heavy atom. The van der Waals surface area contributed by atoms with Gasteiger partial charge in [-0.05, 0) is 56.9 Å². The van der Waals surface area contributed by atoms with Crippen LogP contribution in [0.15, 0.2) is 39.3 Å². The molecule has 4 rings (SSSR count). The first-order valence-electron chi connectivity index (χ1n) is 8.46. The van der Waals surface area contributed by atoms with Crippen molar-refractivity contribution in [3.05, 3.63) is 53.0 Å². The number of benzene rings is 1. The van der Waals surface area contributed by atoms with Crippen LogP contribution in [0.2, 0.25) is 0 Å². The Kier molecular flexibility index (Phi) is 5.07. The molecule has 7 heteroatoms.